The van der Waals surface area contributed by atoms with Crippen molar-refractivity contribution in [2.75, 3.05) is 13.2 Å². The van der Waals surface area contributed by atoms with Crippen molar-refractivity contribution in [2.24, 2.45) is 0 Å². The first-order valence-electron chi connectivity index (χ1n) is 3.34. The Morgan fingerprint density at radius 1 is 1.64 bits per heavy atom. The molecule has 0 aliphatic carbocycles. The number of ether oxygens (including phenoxy) is 1. The highest BCUT2D eigenvalue weighted by Gasteiger charge is 1.88. The number of nitriles is 1. The van der Waals surface area contributed by atoms with E-state index in [1.54, 1.807) is 12.5 Å². The van der Waals surface area contributed by atoms with Gasteiger partial charge in [0.15, 0.2) is 0 Å². The molecule has 1 heterocycles. The molecule has 0 spiro atoms. The molecule has 0 aliphatic heterocycles. The van der Waals surface area contributed by atoms with Crippen LogP contribution in [-0.4, -0.2) is 22.8 Å². The van der Waals surface area contributed by atoms with Crippen LogP contribution in [0.1, 0.15) is 0 Å². The van der Waals surface area contributed by atoms with E-state index < -0.39 is 0 Å². The second kappa shape index (κ2) is 4.47. The van der Waals surface area contributed by atoms with E-state index in [-0.39, 0.29) is 6.61 Å². The number of imidazole rings is 1. The molecule has 1 rings (SSSR count). The summed E-state index contributed by atoms with van der Waals surface area (Å²) >= 11 is 0. The number of nitrogens with zero attached hydrogens (tertiary/aromatic N) is 3. The highest BCUT2D eigenvalue weighted by molar-refractivity contribution is 4.73. The largest absolute Gasteiger partial charge is 0.365 e. The highest BCUT2D eigenvalue weighted by atomic mass is 16.5. The van der Waals surface area contributed by atoms with Gasteiger partial charge < -0.3 is 9.30 Å². The molecule has 4 nitrogen and oxygen atoms in total. The second-order valence-electron chi connectivity index (χ2n) is 2.01. The first kappa shape index (κ1) is 7.76. The van der Waals surface area contributed by atoms with Gasteiger partial charge in [0, 0.05) is 18.9 Å². The lowest BCUT2D eigenvalue weighted by atomic mass is 10.6. The third kappa shape index (κ3) is 2.83. The molecule has 1 aromatic heterocycles. The Morgan fingerprint density at radius 2 is 2.55 bits per heavy atom. The lowest BCUT2D eigenvalue weighted by Crippen LogP contribution is -2.03. The maximum absolute atomic E-state index is 8.13. The molecule has 0 aliphatic rings. The Labute approximate surface area is 65.0 Å². The molecule has 0 saturated heterocycles. The van der Waals surface area contributed by atoms with Crippen LogP contribution in [0, 0.1) is 11.3 Å². The zero-order valence-electron chi connectivity index (χ0n) is 6.10. The van der Waals surface area contributed by atoms with Crippen LogP contribution in [0.25, 0.3) is 0 Å². The van der Waals surface area contributed by atoms with Gasteiger partial charge in [0.05, 0.1) is 19.0 Å². The average Bonchev–Trinajstić information content (AvgIpc) is 2.50. The fourth-order valence-corrected chi connectivity index (χ4v) is 0.707. The van der Waals surface area contributed by atoms with Crippen LogP contribution in [0.4, 0.5) is 0 Å². The summed E-state index contributed by atoms with van der Waals surface area (Å²) in [6.45, 7) is 1.47. The quantitative estimate of drug-likeness (QED) is 0.586. The number of hydrogen-bond acceptors (Lipinski definition) is 3. The number of rotatable bonds is 4. The third-order valence-corrected chi connectivity index (χ3v) is 1.22. The predicted octanol–water partition coefficient (Wildman–Crippen LogP) is 0.423. The summed E-state index contributed by atoms with van der Waals surface area (Å²) in [5.74, 6) is 0. The fraction of sp³-hybridized carbons (Fsp3) is 0.429. The van der Waals surface area contributed by atoms with E-state index in [4.69, 9.17) is 10.00 Å². The zero-order chi connectivity index (χ0) is 7.94. The normalized spacial score (nSPS) is 9.36. The minimum atomic E-state index is 0.161. The minimum Gasteiger partial charge on any atom is -0.365 e. The monoisotopic (exact) mass is 151 g/mol. The summed E-state index contributed by atoms with van der Waals surface area (Å²) in [4.78, 5) is 3.86. The van der Waals surface area contributed by atoms with Crippen LogP contribution in [-0.2, 0) is 11.3 Å². The predicted molar refractivity (Wildman–Crippen MR) is 38.7 cm³/mol. The molecule has 0 fully saturated rings. The highest BCUT2D eigenvalue weighted by Crippen LogP contribution is 1.85. The van der Waals surface area contributed by atoms with Crippen molar-refractivity contribution in [1.29, 1.82) is 5.26 Å². The molecule has 0 unspecified atom stereocenters. The molecule has 0 atom stereocenters. The number of hydrogen-bond donors (Lipinski definition) is 0. The first-order chi connectivity index (χ1) is 5.43. The van der Waals surface area contributed by atoms with Crippen LogP contribution in [0.3, 0.4) is 0 Å². The van der Waals surface area contributed by atoms with E-state index >= 15 is 0 Å². The lowest BCUT2D eigenvalue weighted by Gasteiger charge is -1.99. The summed E-state index contributed by atoms with van der Waals surface area (Å²) in [6.07, 6.45) is 5.29. The van der Waals surface area contributed by atoms with E-state index in [0.717, 1.165) is 6.54 Å². The summed E-state index contributed by atoms with van der Waals surface area (Å²) in [5.41, 5.74) is 0. The van der Waals surface area contributed by atoms with Crippen LogP contribution < -0.4 is 0 Å². The summed E-state index contributed by atoms with van der Waals surface area (Å²) in [5, 5.41) is 8.13. The van der Waals surface area contributed by atoms with Gasteiger partial charge in [-0.3, -0.25) is 0 Å². The minimum absolute atomic E-state index is 0.161. The van der Waals surface area contributed by atoms with Gasteiger partial charge in [-0.2, -0.15) is 5.26 Å². The molecular weight excluding hydrogens is 142 g/mol. The maximum atomic E-state index is 8.13. The molecule has 4 heteroatoms. The molecule has 0 saturated carbocycles. The van der Waals surface area contributed by atoms with Crippen LogP contribution in [0.15, 0.2) is 18.7 Å². The van der Waals surface area contributed by atoms with Gasteiger partial charge in [-0.25, -0.2) is 4.98 Å². The van der Waals surface area contributed by atoms with Gasteiger partial charge in [-0.05, 0) is 0 Å². The first-order valence-corrected chi connectivity index (χ1v) is 3.34. The standard InChI is InChI=1S/C7H9N3O/c8-1-5-11-6-4-10-3-2-9-7-10/h2-3,7H,4-6H2. The maximum Gasteiger partial charge on any atom is 0.133 e. The molecule has 0 amide bonds. The third-order valence-electron chi connectivity index (χ3n) is 1.22. The van der Waals surface area contributed by atoms with Gasteiger partial charge in [-0.1, -0.05) is 0 Å². The van der Waals surface area contributed by atoms with Crippen molar-refractivity contribution in [3.63, 3.8) is 0 Å². The van der Waals surface area contributed by atoms with Crippen molar-refractivity contribution in [3.05, 3.63) is 18.7 Å². The summed E-state index contributed by atoms with van der Waals surface area (Å²) < 4.78 is 6.85. The molecule has 1 aromatic rings. The van der Waals surface area contributed by atoms with Gasteiger partial charge in [0.2, 0.25) is 0 Å². The molecule has 0 radical (unpaired) electrons. The molecule has 58 valence electrons. The molecular formula is C7H9N3O. The Kier molecular flexibility index (Phi) is 3.16. The Morgan fingerprint density at radius 3 is 3.18 bits per heavy atom. The smallest absolute Gasteiger partial charge is 0.133 e. The van der Waals surface area contributed by atoms with Crippen molar-refractivity contribution < 1.29 is 4.74 Å². The topological polar surface area (TPSA) is 50.8 Å². The van der Waals surface area contributed by atoms with Gasteiger partial charge >= 0.3 is 0 Å². The van der Waals surface area contributed by atoms with E-state index in [1.807, 2.05) is 16.8 Å². The molecule has 0 N–H and O–H groups in total. The van der Waals surface area contributed by atoms with E-state index in [1.165, 1.54) is 0 Å². The van der Waals surface area contributed by atoms with E-state index in [9.17, 15) is 0 Å². The van der Waals surface area contributed by atoms with Crippen LogP contribution >= 0.6 is 0 Å². The molecule has 11 heavy (non-hydrogen) atoms. The molecule has 0 aromatic carbocycles. The Bertz CT molecular complexity index is 224. The van der Waals surface area contributed by atoms with Crippen molar-refractivity contribution in [3.8, 4) is 6.07 Å². The van der Waals surface area contributed by atoms with Gasteiger partial charge in [0.25, 0.3) is 0 Å². The van der Waals surface area contributed by atoms with Gasteiger partial charge in [-0.15, -0.1) is 0 Å². The van der Waals surface area contributed by atoms with Gasteiger partial charge in [0.1, 0.15) is 6.61 Å². The van der Waals surface area contributed by atoms with E-state index in [2.05, 4.69) is 4.98 Å². The van der Waals surface area contributed by atoms with Crippen molar-refractivity contribution in [1.82, 2.24) is 9.55 Å². The SMILES string of the molecule is N#CCOCCn1ccnc1. The van der Waals surface area contributed by atoms with Crippen molar-refractivity contribution in [2.45, 2.75) is 6.54 Å². The fourth-order valence-electron chi connectivity index (χ4n) is 0.707. The second-order valence-corrected chi connectivity index (χ2v) is 2.01. The average molecular weight is 151 g/mol. The molecule has 0 bridgehead atoms. The van der Waals surface area contributed by atoms with E-state index in [0.29, 0.717) is 6.61 Å². The van der Waals surface area contributed by atoms with Crippen LogP contribution in [0.5, 0.6) is 0 Å². The van der Waals surface area contributed by atoms with Crippen LogP contribution in [0.2, 0.25) is 0 Å². The Balaban J connectivity index is 2.10. The summed E-state index contributed by atoms with van der Waals surface area (Å²) in [6, 6.07) is 1.90. The zero-order valence-corrected chi connectivity index (χ0v) is 6.10. The van der Waals surface area contributed by atoms with Crippen molar-refractivity contribution >= 4 is 0 Å². The Hall–Kier alpha value is -1.34. The lowest BCUT2D eigenvalue weighted by molar-refractivity contribution is 0.156. The number of aromatic nitrogens is 2. The summed E-state index contributed by atoms with van der Waals surface area (Å²) in [7, 11) is 0.